The first-order chi connectivity index (χ1) is 7.45. The molecule has 2 aromatic rings. The molecule has 2 aromatic carbocycles. The summed E-state index contributed by atoms with van der Waals surface area (Å²) >= 11 is 0. The predicted molar refractivity (Wildman–Crippen MR) is 64.6 cm³/mol. The van der Waals surface area contributed by atoms with Gasteiger partial charge in [-0.05, 0) is 30.4 Å². The Labute approximate surface area is 91.6 Å². The Bertz CT molecular complexity index is 336. The van der Waals surface area contributed by atoms with Crippen LogP contribution in [0.1, 0.15) is 11.1 Å². The van der Waals surface area contributed by atoms with E-state index in [9.17, 15) is 0 Å². The average Bonchev–Trinajstić information content (AvgIpc) is 2.32. The van der Waals surface area contributed by atoms with E-state index < -0.39 is 0 Å². The molecular formula is C15H15. The van der Waals surface area contributed by atoms with E-state index in [1.165, 1.54) is 11.1 Å². The van der Waals surface area contributed by atoms with E-state index in [2.05, 4.69) is 67.1 Å². The molecule has 2 rings (SSSR count). The van der Waals surface area contributed by atoms with E-state index in [1.807, 2.05) is 0 Å². The van der Waals surface area contributed by atoms with E-state index in [4.69, 9.17) is 0 Å². The molecule has 15 heavy (non-hydrogen) atoms. The molecule has 0 N–H and O–H groups in total. The molecule has 0 aliphatic rings. The fraction of sp³-hybridized carbons (Fsp3) is 0.133. The van der Waals surface area contributed by atoms with E-state index in [1.54, 1.807) is 0 Å². The van der Waals surface area contributed by atoms with Crippen LogP contribution >= 0.6 is 0 Å². The van der Waals surface area contributed by atoms with Gasteiger partial charge in [0.15, 0.2) is 0 Å². The summed E-state index contributed by atoms with van der Waals surface area (Å²) in [6, 6.07) is 21.1. The first-order valence-corrected chi connectivity index (χ1v) is 5.34. The van der Waals surface area contributed by atoms with Crippen LogP contribution in [-0.4, -0.2) is 0 Å². The summed E-state index contributed by atoms with van der Waals surface area (Å²) in [5.74, 6) is 0. The maximum absolute atomic E-state index is 2.32. The third-order valence-corrected chi connectivity index (χ3v) is 2.45. The Hall–Kier alpha value is -1.56. The van der Waals surface area contributed by atoms with E-state index in [0.717, 1.165) is 12.8 Å². The lowest BCUT2D eigenvalue weighted by Gasteiger charge is -2.01. The van der Waals surface area contributed by atoms with Crippen molar-refractivity contribution in [2.75, 3.05) is 0 Å². The van der Waals surface area contributed by atoms with Crippen LogP contribution in [0.2, 0.25) is 0 Å². The van der Waals surface area contributed by atoms with Crippen LogP contribution in [0.5, 0.6) is 0 Å². The smallest absolute Gasteiger partial charge is 0.0244 e. The molecule has 0 heteroatoms. The molecule has 0 saturated carbocycles. The summed E-state index contributed by atoms with van der Waals surface area (Å²) in [6.07, 6.45) is 4.43. The molecule has 0 spiro atoms. The van der Waals surface area contributed by atoms with Gasteiger partial charge in [-0.1, -0.05) is 60.7 Å². The first-order valence-electron chi connectivity index (χ1n) is 5.34. The van der Waals surface area contributed by atoms with Crippen molar-refractivity contribution >= 4 is 0 Å². The van der Waals surface area contributed by atoms with Gasteiger partial charge in [-0.15, -0.1) is 0 Å². The summed E-state index contributed by atoms with van der Waals surface area (Å²) in [5, 5.41) is 0. The third-order valence-electron chi connectivity index (χ3n) is 2.45. The molecule has 0 aliphatic carbocycles. The van der Waals surface area contributed by atoms with E-state index >= 15 is 0 Å². The number of benzene rings is 2. The van der Waals surface area contributed by atoms with Crippen molar-refractivity contribution in [3.63, 3.8) is 0 Å². The van der Waals surface area contributed by atoms with Crippen LogP contribution in [0, 0.1) is 6.42 Å². The highest BCUT2D eigenvalue weighted by Gasteiger charge is 1.94. The minimum atomic E-state index is 1.05. The molecule has 0 atom stereocenters. The molecule has 0 aliphatic heterocycles. The van der Waals surface area contributed by atoms with Crippen molar-refractivity contribution in [3.8, 4) is 0 Å². The SMILES string of the molecule is [CH](Cc1ccccc1)Cc1ccccc1. The van der Waals surface area contributed by atoms with Crippen LogP contribution in [0.15, 0.2) is 60.7 Å². The zero-order chi connectivity index (χ0) is 10.3. The number of hydrogen-bond donors (Lipinski definition) is 0. The Kier molecular flexibility index (Phi) is 3.56. The van der Waals surface area contributed by atoms with Gasteiger partial charge in [-0.25, -0.2) is 0 Å². The zero-order valence-electron chi connectivity index (χ0n) is 8.77. The van der Waals surface area contributed by atoms with Crippen LogP contribution < -0.4 is 0 Å². The van der Waals surface area contributed by atoms with Gasteiger partial charge >= 0.3 is 0 Å². The van der Waals surface area contributed by atoms with Gasteiger partial charge in [0.2, 0.25) is 0 Å². The van der Waals surface area contributed by atoms with Gasteiger partial charge in [0.05, 0.1) is 0 Å². The monoisotopic (exact) mass is 195 g/mol. The Morgan fingerprint density at radius 2 is 1.00 bits per heavy atom. The molecule has 0 fully saturated rings. The third kappa shape index (κ3) is 3.25. The standard InChI is InChI=1S/C15H15/c1-3-8-14(9-4-1)12-7-13-15-10-5-2-6-11-15/h1-11H,12-13H2. The minimum absolute atomic E-state index is 1.05. The summed E-state index contributed by atoms with van der Waals surface area (Å²) < 4.78 is 0. The van der Waals surface area contributed by atoms with Gasteiger partial charge in [0.1, 0.15) is 0 Å². The second-order valence-corrected chi connectivity index (χ2v) is 3.67. The van der Waals surface area contributed by atoms with E-state index in [0.29, 0.717) is 0 Å². The second-order valence-electron chi connectivity index (χ2n) is 3.67. The topological polar surface area (TPSA) is 0 Å². The van der Waals surface area contributed by atoms with Crippen LogP contribution in [0.25, 0.3) is 0 Å². The lowest BCUT2D eigenvalue weighted by molar-refractivity contribution is 1.03. The lowest BCUT2D eigenvalue weighted by Crippen LogP contribution is -1.90. The van der Waals surface area contributed by atoms with Gasteiger partial charge < -0.3 is 0 Å². The summed E-state index contributed by atoms with van der Waals surface area (Å²) in [5.41, 5.74) is 2.77. The zero-order valence-corrected chi connectivity index (χ0v) is 8.77. The maximum Gasteiger partial charge on any atom is -0.0244 e. The van der Waals surface area contributed by atoms with Gasteiger partial charge in [0, 0.05) is 0 Å². The molecule has 75 valence electrons. The molecule has 0 amide bonds. The van der Waals surface area contributed by atoms with Crippen LogP contribution in [-0.2, 0) is 12.8 Å². The fourth-order valence-electron chi connectivity index (χ4n) is 1.63. The van der Waals surface area contributed by atoms with Crippen molar-refractivity contribution in [1.29, 1.82) is 0 Å². The Morgan fingerprint density at radius 3 is 1.40 bits per heavy atom. The predicted octanol–water partition coefficient (Wildman–Crippen LogP) is 3.68. The van der Waals surface area contributed by atoms with Crippen LogP contribution in [0.4, 0.5) is 0 Å². The van der Waals surface area contributed by atoms with Gasteiger partial charge in [-0.2, -0.15) is 0 Å². The highest BCUT2D eigenvalue weighted by Crippen LogP contribution is 2.06. The molecule has 0 heterocycles. The first kappa shape index (κ1) is 9.97. The quantitative estimate of drug-likeness (QED) is 0.698. The average molecular weight is 195 g/mol. The summed E-state index contributed by atoms with van der Waals surface area (Å²) in [4.78, 5) is 0. The second kappa shape index (κ2) is 5.35. The largest absolute Gasteiger partial charge is 0.0622 e. The molecule has 0 nitrogen and oxygen atoms in total. The van der Waals surface area contributed by atoms with Crippen molar-refractivity contribution in [1.82, 2.24) is 0 Å². The van der Waals surface area contributed by atoms with Crippen molar-refractivity contribution in [3.05, 3.63) is 78.2 Å². The van der Waals surface area contributed by atoms with Crippen LogP contribution in [0.3, 0.4) is 0 Å². The highest BCUT2D eigenvalue weighted by molar-refractivity contribution is 5.20. The van der Waals surface area contributed by atoms with Gasteiger partial charge in [-0.3, -0.25) is 0 Å². The normalized spacial score (nSPS) is 10.1. The highest BCUT2D eigenvalue weighted by atomic mass is 14.0. The molecule has 0 bridgehead atoms. The Morgan fingerprint density at radius 1 is 0.600 bits per heavy atom. The lowest BCUT2D eigenvalue weighted by atomic mass is 10.0. The summed E-state index contributed by atoms with van der Waals surface area (Å²) in [6.45, 7) is 0. The fourth-order valence-corrected chi connectivity index (χ4v) is 1.63. The van der Waals surface area contributed by atoms with Crippen molar-refractivity contribution in [2.45, 2.75) is 12.8 Å². The number of hydrogen-bond acceptors (Lipinski definition) is 0. The van der Waals surface area contributed by atoms with Crippen molar-refractivity contribution < 1.29 is 0 Å². The van der Waals surface area contributed by atoms with Crippen molar-refractivity contribution in [2.24, 2.45) is 0 Å². The molecule has 0 aromatic heterocycles. The van der Waals surface area contributed by atoms with E-state index in [-0.39, 0.29) is 0 Å². The molecular weight excluding hydrogens is 180 g/mol. The van der Waals surface area contributed by atoms with Gasteiger partial charge in [0.25, 0.3) is 0 Å². The molecule has 0 unspecified atom stereocenters. The maximum atomic E-state index is 2.32. The summed E-state index contributed by atoms with van der Waals surface area (Å²) in [7, 11) is 0. The molecule has 0 saturated heterocycles. The Balaban J connectivity index is 1.81. The number of rotatable bonds is 4. The minimum Gasteiger partial charge on any atom is -0.0622 e. The molecule has 1 radical (unpaired) electrons.